The van der Waals surface area contributed by atoms with Crippen molar-refractivity contribution < 1.29 is 4.74 Å². The highest BCUT2D eigenvalue weighted by atomic mass is 16.5. The van der Waals surface area contributed by atoms with Crippen LogP contribution in [0.3, 0.4) is 0 Å². The van der Waals surface area contributed by atoms with Crippen LogP contribution in [0.2, 0.25) is 0 Å². The van der Waals surface area contributed by atoms with Crippen LogP contribution in [0.1, 0.15) is 28.3 Å². The highest BCUT2D eigenvalue weighted by Crippen LogP contribution is 2.20. The van der Waals surface area contributed by atoms with Crippen molar-refractivity contribution in [1.82, 2.24) is 0 Å². The summed E-state index contributed by atoms with van der Waals surface area (Å²) in [5, 5.41) is 0. The van der Waals surface area contributed by atoms with E-state index in [1.807, 2.05) is 31.2 Å². The topological polar surface area (TPSA) is 35.2 Å². The van der Waals surface area contributed by atoms with Gasteiger partial charge in [-0.1, -0.05) is 36.4 Å². The van der Waals surface area contributed by atoms with Crippen LogP contribution in [0.25, 0.3) is 0 Å². The van der Waals surface area contributed by atoms with E-state index >= 15 is 0 Å². The summed E-state index contributed by atoms with van der Waals surface area (Å²) < 4.78 is 5.80. The number of benzene rings is 2. The molecule has 2 nitrogen and oxygen atoms in total. The van der Waals surface area contributed by atoms with Gasteiger partial charge in [-0.3, -0.25) is 0 Å². The van der Waals surface area contributed by atoms with Crippen molar-refractivity contribution in [2.45, 2.75) is 26.8 Å². The number of ether oxygens (including phenoxy) is 1. The Morgan fingerprint density at radius 2 is 1.68 bits per heavy atom. The number of hydrogen-bond acceptors (Lipinski definition) is 2. The van der Waals surface area contributed by atoms with Gasteiger partial charge in [-0.25, -0.2) is 0 Å². The molecule has 2 N–H and O–H groups in total. The zero-order valence-corrected chi connectivity index (χ0v) is 11.8. The van der Waals surface area contributed by atoms with Gasteiger partial charge in [0.25, 0.3) is 0 Å². The fourth-order valence-electron chi connectivity index (χ4n) is 1.99. The van der Waals surface area contributed by atoms with Crippen LogP contribution >= 0.6 is 0 Å². The van der Waals surface area contributed by atoms with Crippen LogP contribution in [-0.4, -0.2) is 6.61 Å². The molecule has 0 aliphatic carbocycles. The molecule has 2 aromatic rings. The number of hydrogen-bond donors (Lipinski definition) is 1. The van der Waals surface area contributed by atoms with E-state index in [-0.39, 0.29) is 6.04 Å². The maximum absolute atomic E-state index is 6.19. The van der Waals surface area contributed by atoms with Crippen LogP contribution in [0.5, 0.6) is 5.75 Å². The lowest BCUT2D eigenvalue weighted by atomic mass is 10.0. The van der Waals surface area contributed by atoms with Crippen molar-refractivity contribution in [3.63, 3.8) is 0 Å². The molecule has 2 heteroatoms. The van der Waals surface area contributed by atoms with E-state index in [2.05, 4.69) is 32.0 Å². The second-order valence-corrected chi connectivity index (χ2v) is 5.03. The Kier molecular flexibility index (Phi) is 4.23. The quantitative estimate of drug-likeness (QED) is 0.904. The van der Waals surface area contributed by atoms with Gasteiger partial charge in [-0.05, 0) is 49.1 Å². The van der Waals surface area contributed by atoms with Crippen LogP contribution < -0.4 is 10.5 Å². The SMILES string of the molecule is Cc1ccc(C(N)COc2ccccc2C)cc1C. The van der Waals surface area contributed by atoms with Gasteiger partial charge in [0.15, 0.2) is 0 Å². The summed E-state index contributed by atoms with van der Waals surface area (Å²) in [5.41, 5.74) is 11.0. The molecule has 0 spiro atoms. The largest absolute Gasteiger partial charge is 0.491 e. The summed E-state index contributed by atoms with van der Waals surface area (Å²) in [4.78, 5) is 0. The smallest absolute Gasteiger partial charge is 0.122 e. The molecule has 0 bridgehead atoms. The molecule has 0 radical (unpaired) electrons. The van der Waals surface area contributed by atoms with Gasteiger partial charge in [0.2, 0.25) is 0 Å². The second kappa shape index (κ2) is 5.89. The van der Waals surface area contributed by atoms with Crippen molar-refractivity contribution >= 4 is 0 Å². The average Bonchev–Trinajstić information content (AvgIpc) is 2.40. The molecule has 2 aromatic carbocycles. The molecule has 0 fully saturated rings. The number of aryl methyl sites for hydroxylation is 3. The molecule has 0 saturated carbocycles. The van der Waals surface area contributed by atoms with Gasteiger partial charge >= 0.3 is 0 Å². The fourth-order valence-corrected chi connectivity index (χ4v) is 1.99. The monoisotopic (exact) mass is 255 g/mol. The zero-order valence-electron chi connectivity index (χ0n) is 11.8. The molecule has 100 valence electrons. The van der Waals surface area contributed by atoms with E-state index in [0.717, 1.165) is 16.9 Å². The van der Waals surface area contributed by atoms with Crippen molar-refractivity contribution in [3.05, 3.63) is 64.7 Å². The summed E-state index contributed by atoms with van der Waals surface area (Å²) in [7, 11) is 0. The van der Waals surface area contributed by atoms with E-state index in [0.29, 0.717) is 6.61 Å². The van der Waals surface area contributed by atoms with Gasteiger partial charge < -0.3 is 10.5 Å². The first-order chi connectivity index (χ1) is 9.08. The summed E-state index contributed by atoms with van der Waals surface area (Å²) in [6.45, 7) is 6.74. The van der Waals surface area contributed by atoms with E-state index in [1.165, 1.54) is 11.1 Å². The molecule has 0 aromatic heterocycles. The Balaban J connectivity index is 2.03. The third kappa shape index (κ3) is 3.36. The average molecular weight is 255 g/mol. The number of nitrogens with two attached hydrogens (primary N) is 1. The Labute approximate surface area is 115 Å². The van der Waals surface area contributed by atoms with Gasteiger partial charge in [-0.15, -0.1) is 0 Å². The second-order valence-electron chi connectivity index (χ2n) is 5.03. The number of para-hydroxylation sites is 1. The lowest BCUT2D eigenvalue weighted by Crippen LogP contribution is -2.19. The molecular formula is C17H21NO. The van der Waals surface area contributed by atoms with Crippen LogP contribution in [0, 0.1) is 20.8 Å². The van der Waals surface area contributed by atoms with Crippen molar-refractivity contribution in [2.24, 2.45) is 5.73 Å². The Bertz CT molecular complexity index is 563. The molecule has 0 saturated heterocycles. The van der Waals surface area contributed by atoms with Crippen LogP contribution in [0.15, 0.2) is 42.5 Å². The van der Waals surface area contributed by atoms with E-state index in [9.17, 15) is 0 Å². The molecule has 0 aliphatic heterocycles. The minimum atomic E-state index is -0.0982. The zero-order chi connectivity index (χ0) is 13.8. The third-order valence-corrected chi connectivity index (χ3v) is 3.47. The summed E-state index contributed by atoms with van der Waals surface area (Å²) in [6, 6.07) is 14.2. The first kappa shape index (κ1) is 13.6. The Morgan fingerprint density at radius 1 is 0.947 bits per heavy atom. The van der Waals surface area contributed by atoms with Gasteiger partial charge in [0, 0.05) is 0 Å². The van der Waals surface area contributed by atoms with Crippen LogP contribution in [0.4, 0.5) is 0 Å². The molecule has 19 heavy (non-hydrogen) atoms. The summed E-state index contributed by atoms with van der Waals surface area (Å²) in [5.74, 6) is 0.904. The maximum atomic E-state index is 6.19. The molecule has 1 atom stereocenters. The van der Waals surface area contributed by atoms with E-state index in [1.54, 1.807) is 0 Å². The normalized spacial score (nSPS) is 12.2. The van der Waals surface area contributed by atoms with E-state index < -0.39 is 0 Å². The lowest BCUT2D eigenvalue weighted by molar-refractivity contribution is 0.289. The van der Waals surface area contributed by atoms with Gasteiger partial charge in [-0.2, -0.15) is 0 Å². The standard InChI is InChI=1S/C17H21NO/c1-12-8-9-15(10-14(12)3)16(18)11-19-17-7-5-4-6-13(17)2/h4-10,16H,11,18H2,1-3H3. The molecule has 0 aliphatic rings. The molecule has 1 unspecified atom stereocenters. The highest BCUT2D eigenvalue weighted by molar-refractivity contribution is 5.33. The molecule has 0 heterocycles. The minimum absolute atomic E-state index is 0.0982. The summed E-state index contributed by atoms with van der Waals surface area (Å²) in [6.07, 6.45) is 0. The summed E-state index contributed by atoms with van der Waals surface area (Å²) >= 11 is 0. The number of rotatable bonds is 4. The van der Waals surface area contributed by atoms with Crippen molar-refractivity contribution in [2.75, 3.05) is 6.61 Å². The predicted molar refractivity (Wildman–Crippen MR) is 79.5 cm³/mol. The Morgan fingerprint density at radius 3 is 2.37 bits per heavy atom. The van der Waals surface area contributed by atoms with Gasteiger partial charge in [0.1, 0.15) is 12.4 Å². The minimum Gasteiger partial charge on any atom is -0.491 e. The lowest BCUT2D eigenvalue weighted by Gasteiger charge is -2.16. The first-order valence-electron chi connectivity index (χ1n) is 6.59. The maximum Gasteiger partial charge on any atom is 0.122 e. The molecule has 2 rings (SSSR count). The highest BCUT2D eigenvalue weighted by Gasteiger charge is 2.08. The van der Waals surface area contributed by atoms with E-state index in [4.69, 9.17) is 10.5 Å². The fraction of sp³-hybridized carbons (Fsp3) is 0.294. The van der Waals surface area contributed by atoms with Crippen molar-refractivity contribution in [3.8, 4) is 5.75 Å². The van der Waals surface area contributed by atoms with Gasteiger partial charge in [0.05, 0.1) is 6.04 Å². The van der Waals surface area contributed by atoms with Crippen LogP contribution in [-0.2, 0) is 0 Å². The third-order valence-electron chi connectivity index (χ3n) is 3.47. The molecule has 0 amide bonds. The predicted octanol–water partition coefficient (Wildman–Crippen LogP) is 3.69. The first-order valence-corrected chi connectivity index (χ1v) is 6.59. The van der Waals surface area contributed by atoms with Crippen molar-refractivity contribution in [1.29, 1.82) is 0 Å². The molecular weight excluding hydrogens is 234 g/mol. The Hall–Kier alpha value is -1.80.